The number of hydrogen-bond donors (Lipinski definition) is 1. The summed E-state index contributed by atoms with van der Waals surface area (Å²) in [5, 5.41) is 10.1. The number of hydrogen-bond acceptors (Lipinski definition) is 6. The van der Waals surface area contributed by atoms with Crippen LogP contribution >= 0.6 is 0 Å². The molecule has 1 unspecified atom stereocenters. The number of methoxy groups -OCH3 is 1. The molecular formula is C28H31NO5. The Morgan fingerprint density at radius 2 is 1.88 bits per heavy atom. The fraction of sp³-hybridized carbons (Fsp3) is 0.393. The molecule has 0 saturated heterocycles. The first-order chi connectivity index (χ1) is 16.2. The van der Waals surface area contributed by atoms with E-state index in [1.165, 1.54) is 13.2 Å². The Morgan fingerprint density at radius 3 is 2.59 bits per heavy atom. The molecule has 34 heavy (non-hydrogen) atoms. The van der Waals surface area contributed by atoms with E-state index in [2.05, 4.69) is 13.8 Å². The highest BCUT2D eigenvalue weighted by molar-refractivity contribution is 6.09. The van der Waals surface area contributed by atoms with Crippen LogP contribution in [0, 0.1) is 11.3 Å². The van der Waals surface area contributed by atoms with Gasteiger partial charge in [0.25, 0.3) is 0 Å². The lowest BCUT2D eigenvalue weighted by Gasteiger charge is -2.39. The number of phenols is 1. The lowest BCUT2D eigenvalue weighted by Crippen LogP contribution is -2.39. The molecule has 1 N–H and O–H groups in total. The molecule has 1 aliphatic carbocycles. The van der Waals surface area contributed by atoms with Gasteiger partial charge in [0, 0.05) is 35.7 Å². The summed E-state index contributed by atoms with van der Waals surface area (Å²) in [5.74, 6) is -1.39. The van der Waals surface area contributed by atoms with E-state index in [1.54, 1.807) is 12.1 Å². The van der Waals surface area contributed by atoms with E-state index in [4.69, 9.17) is 14.5 Å². The van der Waals surface area contributed by atoms with Gasteiger partial charge in [-0.3, -0.25) is 14.6 Å². The summed E-state index contributed by atoms with van der Waals surface area (Å²) in [5.41, 5.74) is 3.55. The minimum absolute atomic E-state index is 0.000238. The van der Waals surface area contributed by atoms with Crippen LogP contribution in [0.1, 0.15) is 50.7 Å². The molecule has 1 aliphatic heterocycles. The topological polar surface area (TPSA) is 85.2 Å². The minimum atomic E-state index is -0.728. The number of rotatable bonds is 6. The Bertz CT molecular complexity index is 1160. The standard InChI is InChI=1S/C28H31NO5/c1-17-24(27(32)34-13-12-18-8-6-5-7-9-18)25(19-10-11-21(30)23(14-19)33-4)26-20(29-17)15-28(2,3)16-22(26)31/h5-11,14,24-25,30H,12-13,15-16H2,1-4H3/t24?,25-/m0/s1. The molecule has 4 rings (SSSR count). The highest BCUT2D eigenvalue weighted by Gasteiger charge is 2.46. The van der Waals surface area contributed by atoms with Crippen LogP contribution in [0.15, 0.2) is 64.8 Å². The van der Waals surface area contributed by atoms with Gasteiger partial charge in [0.05, 0.1) is 13.7 Å². The number of Topliss-reactive ketones (excluding diaryl/α,β-unsaturated/α-hetero) is 1. The zero-order chi connectivity index (χ0) is 24.5. The van der Waals surface area contributed by atoms with E-state index < -0.39 is 17.8 Å². The number of allylic oxidation sites excluding steroid dienone is 2. The number of nitrogens with zero attached hydrogens (tertiary/aromatic N) is 1. The number of benzene rings is 2. The normalized spacial score (nSPS) is 21.5. The highest BCUT2D eigenvalue weighted by atomic mass is 16.5. The summed E-state index contributed by atoms with van der Waals surface area (Å²) in [6, 6.07) is 14.8. The van der Waals surface area contributed by atoms with Crippen molar-refractivity contribution in [3.05, 3.63) is 70.9 Å². The van der Waals surface area contributed by atoms with E-state index >= 15 is 0 Å². The third-order valence-electron chi connectivity index (χ3n) is 6.60. The predicted molar refractivity (Wildman–Crippen MR) is 130 cm³/mol. The van der Waals surface area contributed by atoms with Crippen molar-refractivity contribution in [3.63, 3.8) is 0 Å². The van der Waals surface area contributed by atoms with Gasteiger partial charge in [-0.05, 0) is 42.0 Å². The first kappa shape index (κ1) is 23.7. The van der Waals surface area contributed by atoms with Crippen molar-refractivity contribution in [2.45, 2.75) is 46.0 Å². The Balaban J connectivity index is 1.70. The maximum Gasteiger partial charge on any atom is 0.315 e. The van der Waals surface area contributed by atoms with Gasteiger partial charge in [-0.1, -0.05) is 50.2 Å². The fourth-order valence-corrected chi connectivity index (χ4v) is 5.00. The lowest BCUT2D eigenvalue weighted by molar-refractivity contribution is -0.146. The zero-order valence-electron chi connectivity index (χ0n) is 20.1. The molecule has 178 valence electrons. The molecule has 2 aromatic carbocycles. The van der Waals surface area contributed by atoms with Crippen molar-refractivity contribution < 1.29 is 24.2 Å². The maximum atomic E-state index is 13.4. The molecule has 2 aliphatic rings. The van der Waals surface area contributed by atoms with Crippen LogP contribution in [0.2, 0.25) is 0 Å². The van der Waals surface area contributed by atoms with Gasteiger partial charge in [0.1, 0.15) is 5.92 Å². The van der Waals surface area contributed by atoms with E-state index in [9.17, 15) is 14.7 Å². The summed E-state index contributed by atoms with van der Waals surface area (Å²) in [7, 11) is 1.47. The molecule has 0 radical (unpaired) electrons. The molecule has 0 saturated carbocycles. The third-order valence-corrected chi connectivity index (χ3v) is 6.60. The van der Waals surface area contributed by atoms with Crippen LogP contribution in [0.3, 0.4) is 0 Å². The lowest BCUT2D eigenvalue weighted by atomic mass is 9.67. The Labute approximate surface area is 200 Å². The van der Waals surface area contributed by atoms with Crippen molar-refractivity contribution in [2.75, 3.05) is 13.7 Å². The minimum Gasteiger partial charge on any atom is -0.504 e. The summed E-state index contributed by atoms with van der Waals surface area (Å²) in [6.07, 6.45) is 1.66. The molecule has 0 fully saturated rings. The largest absolute Gasteiger partial charge is 0.504 e. The van der Waals surface area contributed by atoms with E-state index in [0.717, 1.165) is 16.8 Å². The van der Waals surface area contributed by atoms with Crippen molar-refractivity contribution in [2.24, 2.45) is 16.3 Å². The molecule has 0 aromatic heterocycles. The van der Waals surface area contributed by atoms with E-state index in [0.29, 0.717) is 36.3 Å². The summed E-state index contributed by atoms with van der Waals surface area (Å²) in [4.78, 5) is 31.5. The third kappa shape index (κ3) is 4.76. The first-order valence-corrected chi connectivity index (χ1v) is 11.6. The summed E-state index contributed by atoms with van der Waals surface area (Å²) >= 11 is 0. The van der Waals surface area contributed by atoms with E-state index in [1.807, 2.05) is 37.3 Å². The fourth-order valence-electron chi connectivity index (χ4n) is 5.00. The van der Waals surface area contributed by atoms with Crippen LogP contribution in [0.5, 0.6) is 11.5 Å². The number of carbonyl (C=O) groups is 2. The van der Waals surface area contributed by atoms with Gasteiger partial charge >= 0.3 is 5.97 Å². The Morgan fingerprint density at radius 1 is 1.15 bits per heavy atom. The summed E-state index contributed by atoms with van der Waals surface area (Å²) in [6.45, 7) is 6.18. The molecule has 6 heteroatoms. The van der Waals surface area contributed by atoms with Crippen molar-refractivity contribution in [1.29, 1.82) is 0 Å². The Hall–Kier alpha value is -3.41. The van der Waals surface area contributed by atoms with Crippen LogP contribution in [-0.2, 0) is 20.7 Å². The molecular weight excluding hydrogens is 430 g/mol. The van der Waals surface area contributed by atoms with Gasteiger partial charge in [0.15, 0.2) is 17.3 Å². The second kappa shape index (κ2) is 9.45. The van der Waals surface area contributed by atoms with Crippen molar-refractivity contribution in [3.8, 4) is 11.5 Å². The molecule has 2 aromatic rings. The van der Waals surface area contributed by atoms with Gasteiger partial charge < -0.3 is 14.6 Å². The van der Waals surface area contributed by atoms with E-state index in [-0.39, 0.29) is 23.6 Å². The molecule has 6 nitrogen and oxygen atoms in total. The van der Waals surface area contributed by atoms with Crippen molar-refractivity contribution >= 4 is 17.5 Å². The molecule has 1 heterocycles. The van der Waals surface area contributed by atoms with Crippen LogP contribution in [-0.4, -0.2) is 36.3 Å². The first-order valence-electron chi connectivity index (χ1n) is 11.6. The second-order valence-electron chi connectivity index (χ2n) is 9.84. The molecule has 0 amide bonds. The monoisotopic (exact) mass is 461 g/mol. The van der Waals surface area contributed by atoms with Crippen LogP contribution < -0.4 is 4.74 Å². The molecule has 2 atom stereocenters. The van der Waals surface area contributed by atoms with Gasteiger partial charge in [-0.2, -0.15) is 0 Å². The molecule has 0 bridgehead atoms. The number of phenolic OH excluding ortho intramolecular Hbond substituents is 1. The quantitative estimate of drug-likeness (QED) is 0.612. The number of ether oxygens (including phenoxy) is 2. The highest BCUT2D eigenvalue weighted by Crippen LogP contribution is 2.48. The van der Waals surface area contributed by atoms with Gasteiger partial charge in [-0.25, -0.2) is 0 Å². The SMILES string of the molecule is COc1cc([C@@H]2C3=C(CC(C)(C)CC3=O)N=C(C)C2C(=O)OCCc2ccccc2)ccc1O. The maximum absolute atomic E-state index is 13.4. The average Bonchev–Trinajstić information content (AvgIpc) is 2.78. The number of aromatic hydroxyl groups is 1. The number of aliphatic imine (C=N–C) groups is 1. The average molecular weight is 462 g/mol. The van der Waals surface area contributed by atoms with Crippen LogP contribution in [0.25, 0.3) is 0 Å². The van der Waals surface area contributed by atoms with Gasteiger partial charge in [0.2, 0.25) is 0 Å². The van der Waals surface area contributed by atoms with Gasteiger partial charge in [-0.15, -0.1) is 0 Å². The smallest absolute Gasteiger partial charge is 0.315 e. The zero-order valence-corrected chi connectivity index (χ0v) is 20.1. The number of ketones is 1. The summed E-state index contributed by atoms with van der Waals surface area (Å²) < 4.78 is 11.0. The predicted octanol–water partition coefficient (Wildman–Crippen LogP) is 5.00. The number of esters is 1. The van der Waals surface area contributed by atoms with Crippen LogP contribution in [0.4, 0.5) is 0 Å². The number of carbonyl (C=O) groups excluding carboxylic acids is 2. The van der Waals surface area contributed by atoms with Crippen molar-refractivity contribution in [1.82, 2.24) is 0 Å². The molecule has 0 spiro atoms. The Kier molecular flexibility index (Phi) is 6.60. The second-order valence-corrected chi connectivity index (χ2v) is 9.84.